The van der Waals surface area contributed by atoms with Crippen LogP contribution in [0.1, 0.15) is 28.9 Å². The molecule has 186 valence electrons. The fraction of sp³-hybridized carbons (Fsp3) is 0.200. The molecule has 1 fully saturated rings. The lowest BCUT2D eigenvalue weighted by atomic mass is 9.97. The normalized spacial score (nSPS) is 14.4. The summed E-state index contributed by atoms with van der Waals surface area (Å²) in [4.78, 5) is 34.8. The van der Waals surface area contributed by atoms with Crippen molar-refractivity contribution in [3.8, 4) is 22.4 Å². The van der Waals surface area contributed by atoms with Gasteiger partial charge >= 0.3 is 0 Å². The topological polar surface area (TPSA) is 101 Å². The van der Waals surface area contributed by atoms with Crippen molar-refractivity contribution in [3.05, 3.63) is 96.8 Å². The van der Waals surface area contributed by atoms with Gasteiger partial charge in [-0.05, 0) is 42.2 Å². The van der Waals surface area contributed by atoms with Crippen LogP contribution in [-0.4, -0.2) is 45.8 Å². The fourth-order valence-electron chi connectivity index (χ4n) is 4.78. The zero-order valence-electron chi connectivity index (χ0n) is 20.6. The Morgan fingerprint density at radius 1 is 1.03 bits per heavy atom. The van der Waals surface area contributed by atoms with Gasteiger partial charge in [-0.2, -0.15) is 0 Å². The molecule has 0 aliphatic carbocycles. The molecule has 0 saturated carbocycles. The van der Waals surface area contributed by atoms with Crippen LogP contribution >= 0.6 is 0 Å². The molecule has 0 bridgehead atoms. The first-order chi connectivity index (χ1) is 18.0. The molecular formula is C30H29N5O2. The first-order valence-electron chi connectivity index (χ1n) is 12.4. The molecule has 7 heteroatoms. The molecule has 1 aliphatic rings. The highest BCUT2D eigenvalue weighted by molar-refractivity contribution is 5.97. The lowest BCUT2D eigenvalue weighted by Crippen LogP contribution is -2.43. The maximum absolute atomic E-state index is 11.7. The summed E-state index contributed by atoms with van der Waals surface area (Å²) in [6.45, 7) is 6.25. The van der Waals surface area contributed by atoms with Crippen molar-refractivity contribution in [3.63, 3.8) is 0 Å². The van der Waals surface area contributed by atoms with Crippen LogP contribution in [0.2, 0.25) is 0 Å². The average Bonchev–Trinajstić information content (AvgIpc) is 2.94. The van der Waals surface area contributed by atoms with Gasteiger partial charge in [0.2, 0.25) is 5.91 Å². The highest BCUT2D eigenvalue weighted by Crippen LogP contribution is 2.33. The zero-order valence-corrected chi connectivity index (χ0v) is 20.6. The second-order valence-corrected chi connectivity index (χ2v) is 9.34. The Kier molecular flexibility index (Phi) is 7.05. The molecule has 4 aromatic rings. The molecule has 2 aromatic carbocycles. The lowest BCUT2D eigenvalue weighted by Gasteiger charge is -2.32. The molecule has 5 rings (SSSR count). The first-order valence-corrected chi connectivity index (χ1v) is 12.4. The van der Waals surface area contributed by atoms with E-state index in [2.05, 4.69) is 64.2 Å². The van der Waals surface area contributed by atoms with Gasteiger partial charge in [0.15, 0.2) is 0 Å². The van der Waals surface area contributed by atoms with E-state index in [4.69, 9.17) is 10.7 Å². The van der Waals surface area contributed by atoms with Gasteiger partial charge in [0.05, 0.1) is 11.2 Å². The molecule has 2 aromatic heterocycles. The van der Waals surface area contributed by atoms with Gasteiger partial charge in [0, 0.05) is 48.4 Å². The number of pyridine rings is 2. The van der Waals surface area contributed by atoms with Gasteiger partial charge in [-0.1, -0.05) is 61.2 Å². The van der Waals surface area contributed by atoms with Crippen LogP contribution in [0.4, 0.5) is 0 Å². The van der Waals surface area contributed by atoms with E-state index >= 15 is 0 Å². The summed E-state index contributed by atoms with van der Waals surface area (Å²) in [7, 11) is 0. The molecule has 3 N–H and O–H groups in total. The quantitative estimate of drug-likeness (QED) is 0.375. The summed E-state index contributed by atoms with van der Waals surface area (Å²) in [6, 6.07) is 22.5. The van der Waals surface area contributed by atoms with Crippen LogP contribution in [0.25, 0.3) is 33.3 Å². The minimum absolute atomic E-state index is 0.103. The number of rotatable bonds is 7. The molecule has 7 nitrogen and oxygen atoms in total. The maximum Gasteiger partial charge on any atom is 0.267 e. The number of fused-ring (bicyclic) bond motifs is 1. The number of likely N-dealkylation sites (tertiary alicyclic amines) is 1. The number of hydrogen-bond donors (Lipinski definition) is 2. The molecule has 37 heavy (non-hydrogen) atoms. The van der Waals surface area contributed by atoms with E-state index in [1.165, 1.54) is 11.6 Å². The SMILES string of the molecule is C=CC(=O)NC1CCN(Cc2ccc(-c3nc4cc(C(N)=O)ncc4cc3-c3ccccc3)cc2)CC1. The summed E-state index contributed by atoms with van der Waals surface area (Å²) in [5.41, 5.74) is 11.4. The molecule has 3 heterocycles. The predicted octanol–water partition coefficient (Wildman–Crippen LogP) is 4.33. The molecule has 1 aliphatic heterocycles. The number of nitrogens with one attached hydrogen (secondary N) is 1. The number of carbonyl (C=O) groups is 2. The molecule has 0 unspecified atom stereocenters. The Balaban J connectivity index is 1.40. The monoisotopic (exact) mass is 491 g/mol. The fourth-order valence-corrected chi connectivity index (χ4v) is 4.78. The number of aromatic nitrogens is 2. The second kappa shape index (κ2) is 10.7. The van der Waals surface area contributed by atoms with E-state index in [1.807, 2.05) is 18.2 Å². The van der Waals surface area contributed by atoms with Crippen LogP contribution < -0.4 is 11.1 Å². The highest BCUT2D eigenvalue weighted by atomic mass is 16.1. The molecule has 0 spiro atoms. The van der Waals surface area contributed by atoms with E-state index < -0.39 is 5.91 Å². The van der Waals surface area contributed by atoms with E-state index in [0.717, 1.165) is 60.2 Å². The van der Waals surface area contributed by atoms with Crippen molar-refractivity contribution in [1.29, 1.82) is 0 Å². The van der Waals surface area contributed by atoms with E-state index in [-0.39, 0.29) is 17.6 Å². The van der Waals surface area contributed by atoms with Crippen LogP contribution in [0.15, 0.2) is 85.6 Å². The zero-order chi connectivity index (χ0) is 25.8. The Morgan fingerprint density at radius 2 is 1.76 bits per heavy atom. The van der Waals surface area contributed by atoms with Gasteiger partial charge in [-0.25, -0.2) is 4.98 Å². The number of nitrogens with zero attached hydrogens (tertiary/aromatic N) is 3. The van der Waals surface area contributed by atoms with E-state index in [9.17, 15) is 9.59 Å². The predicted molar refractivity (Wildman–Crippen MR) is 146 cm³/mol. The number of benzene rings is 2. The summed E-state index contributed by atoms with van der Waals surface area (Å²) >= 11 is 0. The number of hydrogen-bond acceptors (Lipinski definition) is 5. The highest BCUT2D eigenvalue weighted by Gasteiger charge is 2.20. The number of piperidine rings is 1. The Morgan fingerprint density at radius 3 is 2.43 bits per heavy atom. The molecule has 1 saturated heterocycles. The van der Waals surface area contributed by atoms with Gasteiger partial charge < -0.3 is 11.1 Å². The third kappa shape index (κ3) is 5.57. The van der Waals surface area contributed by atoms with Crippen molar-refractivity contribution in [1.82, 2.24) is 20.2 Å². The molecule has 2 amide bonds. The second-order valence-electron chi connectivity index (χ2n) is 9.34. The Hall–Kier alpha value is -4.36. The largest absolute Gasteiger partial charge is 0.364 e. The first kappa shape index (κ1) is 24.3. The van der Waals surface area contributed by atoms with Gasteiger partial charge in [0.25, 0.3) is 5.91 Å². The standard InChI is InChI=1S/C30H29N5O2/c1-2-28(36)33-24-12-14-35(15-13-24)19-20-8-10-22(11-9-20)29-25(21-6-4-3-5-7-21)16-23-18-32-27(30(31)37)17-26(23)34-29/h2-11,16-18,24H,1,12-15,19H2,(H2,31,37)(H,33,36). The van der Waals surface area contributed by atoms with Gasteiger partial charge in [0.1, 0.15) is 5.69 Å². The maximum atomic E-state index is 11.7. The summed E-state index contributed by atoms with van der Waals surface area (Å²) < 4.78 is 0. The number of nitrogens with two attached hydrogens (primary N) is 1. The van der Waals surface area contributed by atoms with Gasteiger partial charge in [-0.15, -0.1) is 0 Å². The van der Waals surface area contributed by atoms with Crippen LogP contribution in [0.5, 0.6) is 0 Å². The van der Waals surface area contributed by atoms with Crippen molar-refractivity contribution in [2.75, 3.05) is 13.1 Å². The van der Waals surface area contributed by atoms with Crippen molar-refractivity contribution in [2.24, 2.45) is 5.73 Å². The molecule has 0 radical (unpaired) electrons. The van der Waals surface area contributed by atoms with E-state index in [0.29, 0.717) is 5.52 Å². The number of amides is 2. The molecular weight excluding hydrogens is 462 g/mol. The Bertz CT molecular complexity index is 1440. The van der Waals surface area contributed by atoms with Crippen LogP contribution in [0, 0.1) is 0 Å². The smallest absolute Gasteiger partial charge is 0.267 e. The van der Waals surface area contributed by atoms with Gasteiger partial charge in [-0.3, -0.25) is 19.5 Å². The lowest BCUT2D eigenvalue weighted by molar-refractivity contribution is -0.117. The number of primary amides is 1. The minimum Gasteiger partial charge on any atom is -0.364 e. The van der Waals surface area contributed by atoms with Crippen LogP contribution in [-0.2, 0) is 11.3 Å². The summed E-state index contributed by atoms with van der Waals surface area (Å²) in [5, 5.41) is 3.84. The third-order valence-electron chi connectivity index (χ3n) is 6.79. The van der Waals surface area contributed by atoms with Crippen molar-refractivity contribution < 1.29 is 9.59 Å². The number of carbonyl (C=O) groups excluding carboxylic acids is 2. The minimum atomic E-state index is -0.575. The average molecular weight is 492 g/mol. The van der Waals surface area contributed by atoms with E-state index in [1.54, 1.807) is 12.3 Å². The van der Waals surface area contributed by atoms with Crippen LogP contribution in [0.3, 0.4) is 0 Å². The van der Waals surface area contributed by atoms with Crippen molar-refractivity contribution in [2.45, 2.75) is 25.4 Å². The third-order valence-corrected chi connectivity index (χ3v) is 6.79. The summed E-state index contributed by atoms with van der Waals surface area (Å²) in [6.07, 6.45) is 4.84. The van der Waals surface area contributed by atoms with Crippen molar-refractivity contribution >= 4 is 22.7 Å². The molecule has 0 atom stereocenters. The summed E-state index contributed by atoms with van der Waals surface area (Å²) in [5.74, 6) is -0.679. The Labute approximate surface area is 216 Å².